The molecule has 30 heavy (non-hydrogen) atoms. The highest BCUT2D eigenvalue weighted by Crippen LogP contribution is 2.31. The molecule has 0 unspecified atom stereocenters. The molecule has 0 aliphatic carbocycles. The molecule has 2 amide bonds. The molecule has 1 aromatic heterocycles. The van der Waals surface area contributed by atoms with Crippen molar-refractivity contribution in [1.82, 2.24) is 9.29 Å². The fourth-order valence-corrected chi connectivity index (χ4v) is 5.61. The van der Waals surface area contributed by atoms with Gasteiger partial charge in [0.05, 0.1) is 22.8 Å². The first kappa shape index (κ1) is 20.5. The molecule has 4 rings (SSSR count). The van der Waals surface area contributed by atoms with E-state index in [0.29, 0.717) is 18.1 Å². The molecule has 7 nitrogen and oxygen atoms in total. The number of amides is 2. The first-order chi connectivity index (χ1) is 14.3. The van der Waals surface area contributed by atoms with Gasteiger partial charge in [-0.2, -0.15) is 4.31 Å². The third kappa shape index (κ3) is 4.20. The molecule has 0 atom stereocenters. The molecule has 1 aliphatic rings. The highest BCUT2D eigenvalue weighted by molar-refractivity contribution is 7.89. The maximum Gasteiger partial charge on any atom is 0.325 e. The van der Waals surface area contributed by atoms with Crippen molar-refractivity contribution in [3.05, 3.63) is 70.5 Å². The van der Waals surface area contributed by atoms with Crippen molar-refractivity contribution in [2.24, 2.45) is 0 Å². The molecular weight excluding hydrogens is 427 g/mol. The number of hydrogen-bond acceptors (Lipinski definition) is 5. The van der Waals surface area contributed by atoms with Crippen LogP contribution in [0.1, 0.15) is 16.1 Å². The van der Waals surface area contributed by atoms with Crippen molar-refractivity contribution in [3.8, 4) is 0 Å². The number of aromatic nitrogens is 1. The number of carbonyl (C=O) groups is 1. The molecular formula is C20H19FN4O3S2. The van der Waals surface area contributed by atoms with Crippen LogP contribution in [0.3, 0.4) is 0 Å². The van der Waals surface area contributed by atoms with Crippen molar-refractivity contribution in [3.63, 3.8) is 0 Å². The Hall–Kier alpha value is -2.82. The summed E-state index contributed by atoms with van der Waals surface area (Å²) in [6.45, 7) is 2.41. The van der Waals surface area contributed by atoms with E-state index in [-0.39, 0.29) is 17.1 Å². The van der Waals surface area contributed by atoms with Crippen LogP contribution >= 0.6 is 11.3 Å². The van der Waals surface area contributed by atoms with Gasteiger partial charge in [-0.05, 0) is 31.2 Å². The van der Waals surface area contributed by atoms with Crippen LogP contribution in [0.15, 0.2) is 53.4 Å². The number of rotatable bonds is 4. The van der Waals surface area contributed by atoms with Crippen LogP contribution < -0.4 is 10.6 Å². The third-order valence-electron chi connectivity index (χ3n) is 4.70. The summed E-state index contributed by atoms with van der Waals surface area (Å²) in [6, 6.07) is 12.0. The summed E-state index contributed by atoms with van der Waals surface area (Å²) in [5.74, 6) is -0.539. The molecule has 10 heteroatoms. The van der Waals surface area contributed by atoms with Gasteiger partial charge in [0, 0.05) is 17.8 Å². The maximum atomic E-state index is 13.7. The van der Waals surface area contributed by atoms with E-state index in [1.807, 2.05) is 6.92 Å². The Balaban J connectivity index is 1.46. The predicted octanol–water partition coefficient (Wildman–Crippen LogP) is 3.98. The number of nitrogens with one attached hydrogen (secondary N) is 2. The van der Waals surface area contributed by atoms with Gasteiger partial charge in [-0.1, -0.05) is 41.2 Å². The van der Waals surface area contributed by atoms with Crippen LogP contribution in [0.2, 0.25) is 0 Å². The van der Waals surface area contributed by atoms with Gasteiger partial charge in [-0.25, -0.2) is 22.6 Å². The van der Waals surface area contributed by atoms with Crippen LogP contribution in [0.5, 0.6) is 0 Å². The van der Waals surface area contributed by atoms with E-state index in [1.165, 1.54) is 33.8 Å². The largest absolute Gasteiger partial charge is 0.325 e. The van der Waals surface area contributed by atoms with E-state index < -0.39 is 21.9 Å². The van der Waals surface area contributed by atoms with Crippen LogP contribution in [-0.4, -0.2) is 30.3 Å². The zero-order valence-corrected chi connectivity index (χ0v) is 17.7. The summed E-state index contributed by atoms with van der Waals surface area (Å²) in [7, 11) is -3.61. The Bertz CT molecular complexity index is 1190. The second-order valence-electron chi connectivity index (χ2n) is 6.85. The van der Waals surface area contributed by atoms with Crippen molar-refractivity contribution in [2.75, 3.05) is 17.2 Å². The SMILES string of the molecule is Cc1ccc(S(=O)(=O)N2CCc3nc(NC(=O)Nc4ccccc4F)sc3C2)cc1. The topological polar surface area (TPSA) is 91.4 Å². The molecule has 3 aromatic rings. The lowest BCUT2D eigenvalue weighted by Crippen LogP contribution is -2.35. The number of halogens is 1. The normalized spacial score (nSPS) is 14.2. The molecule has 0 saturated heterocycles. The number of fused-ring (bicyclic) bond motifs is 1. The van der Waals surface area contributed by atoms with E-state index in [2.05, 4.69) is 15.6 Å². The number of hydrogen-bond donors (Lipinski definition) is 2. The number of anilines is 2. The molecule has 156 valence electrons. The molecule has 2 heterocycles. The van der Waals surface area contributed by atoms with Crippen molar-refractivity contribution < 1.29 is 17.6 Å². The van der Waals surface area contributed by atoms with E-state index in [0.717, 1.165) is 16.1 Å². The number of aryl methyl sites for hydroxylation is 1. The number of thiazole rings is 1. The van der Waals surface area contributed by atoms with Gasteiger partial charge in [0.1, 0.15) is 5.82 Å². The summed E-state index contributed by atoms with van der Waals surface area (Å²) < 4.78 is 40.9. The second kappa shape index (κ2) is 8.13. The Morgan fingerprint density at radius 1 is 1.13 bits per heavy atom. The minimum absolute atomic E-state index is 0.0617. The second-order valence-corrected chi connectivity index (χ2v) is 9.87. The van der Waals surface area contributed by atoms with E-state index in [9.17, 15) is 17.6 Å². The summed E-state index contributed by atoms with van der Waals surface area (Å²) in [5, 5.41) is 5.36. The van der Waals surface area contributed by atoms with Gasteiger partial charge in [0.15, 0.2) is 5.13 Å². The molecule has 0 saturated carbocycles. The lowest BCUT2D eigenvalue weighted by atomic mass is 10.2. The summed E-state index contributed by atoms with van der Waals surface area (Å²) in [6.07, 6.45) is 0.452. The molecule has 0 spiro atoms. The first-order valence-corrected chi connectivity index (χ1v) is 11.5. The highest BCUT2D eigenvalue weighted by atomic mass is 32.2. The van der Waals surface area contributed by atoms with Gasteiger partial charge in [-0.15, -0.1) is 0 Å². The van der Waals surface area contributed by atoms with Gasteiger partial charge >= 0.3 is 6.03 Å². The monoisotopic (exact) mass is 446 g/mol. The first-order valence-electron chi connectivity index (χ1n) is 9.21. The zero-order chi connectivity index (χ0) is 21.3. The molecule has 0 fully saturated rings. The summed E-state index contributed by atoms with van der Waals surface area (Å²) >= 11 is 1.21. The Kier molecular flexibility index (Phi) is 5.54. The Morgan fingerprint density at radius 2 is 1.87 bits per heavy atom. The van der Waals surface area contributed by atoms with Crippen LogP contribution in [0, 0.1) is 12.7 Å². The number of sulfonamides is 1. The lowest BCUT2D eigenvalue weighted by Gasteiger charge is -2.25. The van der Waals surface area contributed by atoms with E-state index in [1.54, 1.807) is 30.3 Å². The van der Waals surface area contributed by atoms with Crippen LogP contribution in [0.4, 0.5) is 20.0 Å². The molecule has 1 aliphatic heterocycles. The molecule has 2 aromatic carbocycles. The molecule has 0 bridgehead atoms. The van der Waals surface area contributed by atoms with Gasteiger partial charge in [0.2, 0.25) is 10.0 Å². The average Bonchev–Trinajstić information content (AvgIpc) is 3.11. The fourth-order valence-electron chi connectivity index (χ4n) is 3.10. The highest BCUT2D eigenvalue weighted by Gasteiger charge is 2.30. The number of nitrogens with zero attached hydrogens (tertiary/aromatic N) is 2. The average molecular weight is 447 g/mol. The van der Waals surface area contributed by atoms with Gasteiger partial charge in [-0.3, -0.25) is 5.32 Å². The summed E-state index contributed by atoms with van der Waals surface area (Å²) in [4.78, 5) is 17.6. The van der Waals surface area contributed by atoms with Crippen molar-refractivity contribution >= 4 is 38.2 Å². The Labute approximate surface area is 177 Å². The lowest BCUT2D eigenvalue weighted by molar-refractivity contribution is 0.262. The van der Waals surface area contributed by atoms with E-state index >= 15 is 0 Å². The fraction of sp³-hybridized carbons (Fsp3) is 0.200. The maximum absolute atomic E-state index is 13.7. The van der Waals surface area contributed by atoms with Gasteiger partial charge in [0.25, 0.3) is 0 Å². The van der Waals surface area contributed by atoms with Crippen molar-refractivity contribution in [1.29, 1.82) is 0 Å². The standard InChI is InChI=1S/C20H19FN4O3S2/c1-13-6-8-14(9-7-13)30(27,28)25-11-10-17-18(12-25)29-20(23-17)24-19(26)22-16-5-3-2-4-15(16)21/h2-9H,10-12H2,1H3,(H2,22,23,24,26). The quantitative estimate of drug-likeness (QED) is 0.634. The van der Waals surface area contributed by atoms with Crippen molar-refractivity contribution in [2.45, 2.75) is 24.8 Å². The zero-order valence-electron chi connectivity index (χ0n) is 16.1. The van der Waals surface area contributed by atoms with Crippen LogP contribution in [-0.2, 0) is 23.0 Å². The number of benzene rings is 2. The number of para-hydroxylation sites is 1. The molecule has 0 radical (unpaired) electrons. The Morgan fingerprint density at radius 3 is 2.60 bits per heavy atom. The smallest absolute Gasteiger partial charge is 0.305 e. The van der Waals surface area contributed by atoms with Gasteiger partial charge < -0.3 is 5.32 Å². The third-order valence-corrected chi connectivity index (χ3v) is 7.55. The minimum atomic E-state index is -3.61. The number of carbonyl (C=O) groups excluding carboxylic acids is 1. The summed E-state index contributed by atoms with van der Waals surface area (Å²) in [5.41, 5.74) is 1.81. The van der Waals surface area contributed by atoms with E-state index in [4.69, 9.17) is 0 Å². The molecule has 2 N–H and O–H groups in total. The number of urea groups is 1. The predicted molar refractivity (Wildman–Crippen MR) is 114 cm³/mol. The van der Waals surface area contributed by atoms with Crippen LogP contribution in [0.25, 0.3) is 0 Å². The minimum Gasteiger partial charge on any atom is -0.305 e.